The normalized spacial score (nSPS) is 23.8. The van der Waals surface area contributed by atoms with Crippen LogP contribution >= 0.6 is 15.9 Å². The number of rotatable bonds is 2. The molecule has 1 aromatic rings. The molecule has 17 heavy (non-hydrogen) atoms. The Balaban J connectivity index is 2.59. The molecule has 2 N–H and O–H groups in total. The highest BCUT2D eigenvalue weighted by atomic mass is 79.9. The molecule has 2 rings (SSSR count). The van der Waals surface area contributed by atoms with Gasteiger partial charge in [-0.1, -0.05) is 41.9 Å². The highest BCUT2D eigenvalue weighted by molar-refractivity contribution is 9.10. The van der Waals surface area contributed by atoms with E-state index in [9.17, 15) is 0 Å². The van der Waals surface area contributed by atoms with E-state index >= 15 is 0 Å². The zero-order valence-corrected chi connectivity index (χ0v) is 11.8. The smallest absolute Gasteiger partial charge is 0.180 e. The zero-order valence-electron chi connectivity index (χ0n) is 10.2. The van der Waals surface area contributed by atoms with Crippen molar-refractivity contribution in [3.8, 4) is 0 Å². The first-order chi connectivity index (χ1) is 7.95. The van der Waals surface area contributed by atoms with Crippen LogP contribution in [0.25, 0.3) is 0 Å². The molecule has 1 aliphatic heterocycles. The summed E-state index contributed by atoms with van der Waals surface area (Å²) in [5.41, 5.74) is 7.21. The van der Waals surface area contributed by atoms with Gasteiger partial charge in [-0.15, -0.1) is 0 Å². The number of hydrogen-bond acceptors (Lipinski definition) is 3. The van der Waals surface area contributed by atoms with Gasteiger partial charge in [0, 0.05) is 16.0 Å². The quantitative estimate of drug-likeness (QED) is 0.895. The Hall–Kier alpha value is -1.16. The van der Waals surface area contributed by atoms with Crippen molar-refractivity contribution in [2.24, 2.45) is 21.6 Å². The van der Waals surface area contributed by atoms with E-state index in [0.717, 1.165) is 15.7 Å². The Morgan fingerprint density at radius 3 is 2.47 bits per heavy atom. The molecule has 0 spiro atoms. The topological polar surface area (TPSA) is 50.7 Å². The molecule has 0 fully saturated rings. The fourth-order valence-corrected chi connectivity index (χ4v) is 2.44. The molecule has 0 amide bonds. The van der Waals surface area contributed by atoms with Gasteiger partial charge >= 0.3 is 0 Å². The van der Waals surface area contributed by atoms with E-state index in [2.05, 4.69) is 45.8 Å². The van der Waals surface area contributed by atoms with Gasteiger partial charge in [-0.2, -0.15) is 0 Å². The van der Waals surface area contributed by atoms with Crippen LogP contribution in [-0.2, 0) is 5.66 Å². The maximum atomic E-state index is 5.87. The molecule has 0 bridgehead atoms. The summed E-state index contributed by atoms with van der Waals surface area (Å²) in [4.78, 5) is 9.26. The van der Waals surface area contributed by atoms with Crippen LogP contribution in [0.15, 0.2) is 38.7 Å². The fourth-order valence-electron chi connectivity index (χ4n) is 2.04. The van der Waals surface area contributed by atoms with E-state index in [1.807, 2.05) is 25.1 Å². The minimum atomic E-state index is -0.558. The van der Waals surface area contributed by atoms with Gasteiger partial charge in [-0.05, 0) is 19.1 Å². The maximum Gasteiger partial charge on any atom is 0.180 e. The van der Waals surface area contributed by atoms with Gasteiger partial charge in [0.15, 0.2) is 5.66 Å². The summed E-state index contributed by atoms with van der Waals surface area (Å²) in [6, 6.07) is 8.09. The predicted molar refractivity (Wildman–Crippen MR) is 75.4 cm³/mol. The molecule has 1 atom stereocenters. The Labute approximate surface area is 110 Å². The van der Waals surface area contributed by atoms with Gasteiger partial charge in [0.05, 0.1) is 5.71 Å². The van der Waals surface area contributed by atoms with Crippen LogP contribution in [0.1, 0.15) is 26.3 Å². The van der Waals surface area contributed by atoms with Crippen molar-refractivity contribution in [2.75, 3.05) is 0 Å². The summed E-state index contributed by atoms with van der Waals surface area (Å²) in [6.07, 6.45) is 0. The lowest BCUT2D eigenvalue weighted by molar-refractivity contribution is 0.342. The van der Waals surface area contributed by atoms with Crippen LogP contribution in [0.4, 0.5) is 0 Å². The summed E-state index contributed by atoms with van der Waals surface area (Å²) in [7, 11) is 0. The van der Waals surface area contributed by atoms with Crippen molar-refractivity contribution < 1.29 is 0 Å². The summed E-state index contributed by atoms with van der Waals surface area (Å²) >= 11 is 3.48. The first kappa shape index (κ1) is 12.3. The molecule has 0 unspecified atom stereocenters. The Morgan fingerprint density at radius 2 is 2.00 bits per heavy atom. The molecule has 1 aliphatic rings. The van der Waals surface area contributed by atoms with Gasteiger partial charge in [0.25, 0.3) is 0 Å². The van der Waals surface area contributed by atoms with Gasteiger partial charge in [-0.3, -0.25) is 4.99 Å². The number of halogens is 1. The SMILES string of the molecule is CC1=N[C@@](c2cccc(Br)c2)(C(C)C)N=C1N. The van der Waals surface area contributed by atoms with Crippen molar-refractivity contribution in [1.82, 2.24) is 0 Å². The molecular weight excluding hydrogens is 278 g/mol. The van der Waals surface area contributed by atoms with E-state index in [1.54, 1.807) is 0 Å². The number of amidine groups is 1. The fraction of sp³-hybridized carbons (Fsp3) is 0.385. The van der Waals surface area contributed by atoms with Crippen LogP contribution in [0.3, 0.4) is 0 Å². The van der Waals surface area contributed by atoms with E-state index in [1.165, 1.54) is 0 Å². The molecule has 0 saturated carbocycles. The van der Waals surface area contributed by atoms with Crippen LogP contribution < -0.4 is 5.73 Å². The molecule has 0 saturated heterocycles. The second-order valence-corrected chi connectivity index (χ2v) is 5.50. The standard InChI is InChI=1S/C13H16BrN3/c1-8(2)13(16-9(3)12(15)17-13)10-5-4-6-11(14)7-10/h4-8H,1-3H3,(H2,15,17)/t13-/m0/s1. The van der Waals surface area contributed by atoms with Crippen LogP contribution in [-0.4, -0.2) is 11.5 Å². The summed E-state index contributed by atoms with van der Waals surface area (Å²) < 4.78 is 1.03. The molecule has 3 nitrogen and oxygen atoms in total. The number of benzene rings is 1. The third kappa shape index (κ3) is 2.02. The number of hydrogen-bond donors (Lipinski definition) is 1. The second kappa shape index (κ2) is 4.26. The lowest BCUT2D eigenvalue weighted by Crippen LogP contribution is -2.26. The van der Waals surface area contributed by atoms with Crippen molar-refractivity contribution in [2.45, 2.75) is 26.4 Å². The largest absolute Gasteiger partial charge is 0.382 e. The minimum absolute atomic E-state index is 0.257. The van der Waals surface area contributed by atoms with Crippen LogP contribution in [0.5, 0.6) is 0 Å². The summed E-state index contributed by atoms with van der Waals surface area (Å²) in [6.45, 7) is 6.13. The Bertz CT molecular complexity index is 485. The average molecular weight is 294 g/mol. The zero-order chi connectivity index (χ0) is 12.6. The highest BCUT2D eigenvalue weighted by Crippen LogP contribution is 2.39. The Morgan fingerprint density at radius 1 is 1.29 bits per heavy atom. The minimum Gasteiger partial charge on any atom is -0.382 e. The highest BCUT2D eigenvalue weighted by Gasteiger charge is 2.39. The molecule has 0 radical (unpaired) electrons. The molecular formula is C13H16BrN3. The molecule has 0 aliphatic carbocycles. The van der Waals surface area contributed by atoms with Gasteiger partial charge in [0.2, 0.25) is 0 Å². The van der Waals surface area contributed by atoms with E-state index in [-0.39, 0.29) is 5.92 Å². The first-order valence-electron chi connectivity index (χ1n) is 5.64. The number of nitrogens with zero attached hydrogens (tertiary/aromatic N) is 2. The first-order valence-corrected chi connectivity index (χ1v) is 6.43. The molecule has 4 heteroatoms. The number of nitrogens with two attached hydrogens (primary N) is 1. The molecule has 1 heterocycles. The van der Waals surface area contributed by atoms with Crippen molar-refractivity contribution in [1.29, 1.82) is 0 Å². The van der Waals surface area contributed by atoms with Crippen molar-refractivity contribution in [3.05, 3.63) is 34.3 Å². The lowest BCUT2D eigenvalue weighted by Gasteiger charge is -2.28. The Kier molecular flexibility index (Phi) is 3.08. The van der Waals surface area contributed by atoms with E-state index in [4.69, 9.17) is 5.73 Å². The monoisotopic (exact) mass is 293 g/mol. The second-order valence-electron chi connectivity index (χ2n) is 4.59. The predicted octanol–water partition coefficient (Wildman–Crippen LogP) is 3.09. The van der Waals surface area contributed by atoms with Crippen molar-refractivity contribution in [3.63, 3.8) is 0 Å². The average Bonchev–Trinajstić information content (AvgIpc) is 2.56. The molecule has 90 valence electrons. The van der Waals surface area contributed by atoms with E-state index < -0.39 is 5.66 Å². The summed E-state index contributed by atoms with van der Waals surface area (Å²) in [5.74, 6) is 0.798. The van der Waals surface area contributed by atoms with Gasteiger partial charge < -0.3 is 5.73 Å². The van der Waals surface area contributed by atoms with Crippen LogP contribution in [0, 0.1) is 5.92 Å². The third-order valence-electron chi connectivity index (χ3n) is 3.05. The lowest BCUT2D eigenvalue weighted by atomic mass is 9.89. The number of aliphatic imine (C=N–C) groups is 2. The van der Waals surface area contributed by atoms with Crippen LogP contribution in [0.2, 0.25) is 0 Å². The molecule has 0 aromatic heterocycles. The maximum absolute atomic E-state index is 5.87. The third-order valence-corrected chi connectivity index (χ3v) is 3.55. The van der Waals surface area contributed by atoms with Gasteiger partial charge in [0.1, 0.15) is 5.84 Å². The van der Waals surface area contributed by atoms with E-state index in [0.29, 0.717) is 5.84 Å². The van der Waals surface area contributed by atoms with Gasteiger partial charge in [-0.25, -0.2) is 4.99 Å². The summed E-state index contributed by atoms with van der Waals surface area (Å²) in [5, 5.41) is 0. The molecule has 1 aromatic carbocycles. The van der Waals surface area contributed by atoms with Crippen molar-refractivity contribution >= 4 is 27.5 Å².